The molecule has 1 heterocycles. The smallest absolute Gasteiger partial charge is 0.258 e. The van der Waals surface area contributed by atoms with E-state index in [4.69, 9.17) is 0 Å². The molecule has 0 bridgehead atoms. The van der Waals surface area contributed by atoms with E-state index in [2.05, 4.69) is 22.9 Å². The molecule has 0 saturated heterocycles. The van der Waals surface area contributed by atoms with Crippen molar-refractivity contribution >= 4 is 35.4 Å². The molecule has 2 nitrogen and oxygen atoms in total. The molecule has 0 atom stereocenters. The summed E-state index contributed by atoms with van der Waals surface area (Å²) in [6.45, 7) is 2.20. The fraction of sp³-hybridized carbons (Fsp3) is 0.353. The van der Waals surface area contributed by atoms with Crippen LogP contribution in [0, 0.1) is 0 Å². The van der Waals surface area contributed by atoms with Crippen LogP contribution in [0.2, 0.25) is 0 Å². The van der Waals surface area contributed by atoms with Crippen LogP contribution in [-0.4, -0.2) is 13.8 Å². The number of benzene rings is 1. The lowest BCUT2D eigenvalue weighted by atomic mass is 10.1. The summed E-state index contributed by atoms with van der Waals surface area (Å²) in [7, 11) is 1.98. The fourth-order valence-corrected chi connectivity index (χ4v) is 2.84. The molecule has 0 unspecified atom stereocenters. The van der Waals surface area contributed by atoms with Gasteiger partial charge in [0.25, 0.3) is 5.91 Å². The molecule has 1 aliphatic heterocycles. The Kier molecular flexibility index (Phi) is 5.86. The minimum Gasteiger partial charge on any atom is -0.277 e. The average Bonchev–Trinajstić information content (AvgIpc) is 2.82. The maximum Gasteiger partial charge on any atom is 0.258 e. The molecule has 2 rings (SSSR count). The first-order chi connectivity index (χ1) is 10.1. The van der Waals surface area contributed by atoms with E-state index in [-0.39, 0.29) is 5.91 Å². The Morgan fingerprint density at radius 1 is 1.19 bits per heavy atom. The van der Waals surface area contributed by atoms with Gasteiger partial charge >= 0.3 is 0 Å². The van der Waals surface area contributed by atoms with Crippen molar-refractivity contribution in [2.45, 2.75) is 39.0 Å². The van der Waals surface area contributed by atoms with Gasteiger partial charge in [0.2, 0.25) is 0 Å². The van der Waals surface area contributed by atoms with Gasteiger partial charge < -0.3 is 0 Å². The van der Waals surface area contributed by atoms with Gasteiger partial charge in [-0.3, -0.25) is 9.69 Å². The second-order valence-corrected chi connectivity index (χ2v) is 6.56. The van der Waals surface area contributed by atoms with Crippen LogP contribution < -0.4 is 4.90 Å². The van der Waals surface area contributed by atoms with Crippen LogP contribution in [-0.2, 0) is 4.79 Å². The summed E-state index contributed by atoms with van der Waals surface area (Å²) in [4.78, 5) is 14.5. The summed E-state index contributed by atoms with van der Waals surface area (Å²) in [5, 5.41) is 0. The first-order valence-electron chi connectivity index (χ1n) is 7.61. The number of para-hydroxylation sites is 1. The molecule has 1 aromatic rings. The number of nitrogens with zero attached hydrogens (tertiary/aromatic N) is 1. The third-order valence-corrected chi connectivity index (χ3v) is 4.10. The lowest BCUT2D eigenvalue weighted by Gasteiger charge is -2.19. The molecule has 0 aromatic heterocycles. The lowest BCUT2D eigenvalue weighted by molar-refractivity contribution is -0.114. The Morgan fingerprint density at radius 2 is 1.90 bits per heavy atom. The van der Waals surface area contributed by atoms with Crippen molar-refractivity contribution in [2.75, 3.05) is 4.90 Å². The highest BCUT2D eigenvalue weighted by Gasteiger charge is 2.29. The second kappa shape index (κ2) is 7.65. The molecule has 110 valence electrons. The number of anilines is 1. The van der Waals surface area contributed by atoms with Crippen molar-refractivity contribution in [3.8, 4) is 0 Å². The van der Waals surface area contributed by atoms with E-state index >= 15 is 0 Å². The molecule has 1 amide bonds. The third-order valence-electron chi connectivity index (χ3n) is 3.70. The van der Waals surface area contributed by atoms with Crippen molar-refractivity contribution in [1.82, 2.24) is 0 Å². The number of carbonyl (C=O) groups is 1. The maximum atomic E-state index is 12.7. The molecule has 0 radical (unpaired) electrons. The molecule has 0 aliphatic carbocycles. The predicted molar refractivity (Wildman–Crippen MR) is 95.3 cm³/mol. The van der Waals surface area contributed by atoms with E-state index in [1.165, 1.54) is 19.3 Å². The summed E-state index contributed by atoms with van der Waals surface area (Å²) in [5.41, 5.74) is 2.80. The van der Waals surface area contributed by atoms with E-state index in [0.717, 1.165) is 34.2 Å². The van der Waals surface area contributed by atoms with Crippen LogP contribution in [0.4, 0.5) is 5.69 Å². The first kappa shape index (κ1) is 16.1. The van der Waals surface area contributed by atoms with E-state index in [1.54, 1.807) is 4.90 Å². The normalized spacial score (nSPS) is 17.1. The minimum absolute atomic E-state index is 0.117. The van der Waals surface area contributed by atoms with E-state index < -0.39 is 0 Å². The van der Waals surface area contributed by atoms with Gasteiger partial charge in [-0.25, -0.2) is 0 Å². The Morgan fingerprint density at radius 3 is 2.52 bits per heavy atom. The van der Waals surface area contributed by atoms with Crippen molar-refractivity contribution in [2.24, 2.45) is 0 Å². The predicted octanol–water partition coefficient (Wildman–Crippen LogP) is 4.13. The highest BCUT2D eigenvalue weighted by molar-refractivity contribution is 9.12. The third kappa shape index (κ3) is 3.88. The zero-order chi connectivity index (χ0) is 15.2. The van der Waals surface area contributed by atoms with Gasteiger partial charge in [0.05, 0.1) is 5.70 Å². The second-order valence-electron chi connectivity index (χ2n) is 5.38. The monoisotopic (exact) mass is 345 g/mol. The summed E-state index contributed by atoms with van der Waals surface area (Å²) in [6, 6.07) is 9.84. The van der Waals surface area contributed by atoms with Gasteiger partial charge in [-0.1, -0.05) is 60.3 Å². The molecule has 1 aliphatic rings. The maximum absolute atomic E-state index is 12.7. The van der Waals surface area contributed by atoms with Crippen LogP contribution in [0.15, 0.2) is 52.1 Å². The Balaban J connectivity index is 2.18. The van der Waals surface area contributed by atoms with Gasteiger partial charge in [0.15, 0.2) is 7.85 Å². The van der Waals surface area contributed by atoms with Gasteiger partial charge in [-0.05, 0) is 35.4 Å². The van der Waals surface area contributed by atoms with Crippen LogP contribution >= 0.6 is 15.9 Å². The minimum atomic E-state index is 0.117. The highest BCUT2D eigenvalue weighted by atomic mass is 79.9. The fourth-order valence-electron chi connectivity index (χ4n) is 2.55. The average molecular weight is 346 g/mol. The first-order valence-corrected chi connectivity index (χ1v) is 8.41. The summed E-state index contributed by atoms with van der Waals surface area (Å²) >= 11 is 3.53. The molecular formula is C17H21BBrNO. The number of amides is 1. The summed E-state index contributed by atoms with van der Waals surface area (Å²) in [6.07, 6.45) is 7.64. The van der Waals surface area contributed by atoms with Gasteiger partial charge in [-0.2, -0.15) is 0 Å². The van der Waals surface area contributed by atoms with E-state index in [9.17, 15) is 4.79 Å². The number of hydrogen-bond acceptors (Lipinski definition) is 1. The Bertz CT molecular complexity index is 561. The number of unbranched alkanes of at least 4 members (excludes halogenated alkanes) is 3. The molecular weight excluding hydrogens is 325 g/mol. The molecule has 0 saturated carbocycles. The zero-order valence-electron chi connectivity index (χ0n) is 12.7. The van der Waals surface area contributed by atoms with E-state index in [1.807, 2.05) is 44.3 Å². The van der Waals surface area contributed by atoms with Crippen LogP contribution in [0.25, 0.3) is 0 Å². The van der Waals surface area contributed by atoms with Crippen molar-refractivity contribution in [3.05, 3.63) is 52.1 Å². The van der Waals surface area contributed by atoms with Crippen molar-refractivity contribution in [3.63, 3.8) is 0 Å². The van der Waals surface area contributed by atoms with Gasteiger partial charge in [0, 0.05) is 11.3 Å². The molecule has 4 heteroatoms. The number of carbonyl (C=O) groups excluding carboxylic acids is 1. The lowest BCUT2D eigenvalue weighted by Crippen LogP contribution is -2.25. The van der Waals surface area contributed by atoms with Gasteiger partial charge in [-0.15, -0.1) is 0 Å². The molecule has 1 aromatic carbocycles. The number of hydrogen-bond donors (Lipinski definition) is 0. The number of halogens is 1. The van der Waals surface area contributed by atoms with Crippen molar-refractivity contribution in [1.29, 1.82) is 0 Å². The van der Waals surface area contributed by atoms with Crippen LogP contribution in [0.5, 0.6) is 0 Å². The Hall–Kier alpha value is -1.29. The summed E-state index contributed by atoms with van der Waals surface area (Å²) < 4.78 is 0.989. The largest absolute Gasteiger partial charge is 0.277 e. The summed E-state index contributed by atoms with van der Waals surface area (Å²) in [5.74, 6) is 0.117. The molecule has 21 heavy (non-hydrogen) atoms. The quantitative estimate of drug-likeness (QED) is 0.560. The van der Waals surface area contributed by atoms with Gasteiger partial charge in [0.1, 0.15) is 0 Å². The molecule has 0 spiro atoms. The number of rotatable bonds is 6. The number of allylic oxidation sites excluding steroid dienone is 1. The Labute approximate surface area is 136 Å². The molecule has 0 fully saturated rings. The molecule has 0 N–H and O–H groups in total. The van der Waals surface area contributed by atoms with Crippen LogP contribution in [0.1, 0.15) is 39.0 Å². The van der Waals surface area contributed by atoms with Crippen molar-refractivity contribution < 1.29 is 4.79 Å². The SMILES string of the molecule is B/C(Br)=C1\C=C(CCCCCC)C(=O)N1c1ccccc1. The standard InChI is InChI=1S/C17H21BBrNO/c1-2-3-4-6-9-13-12-15(16(18)19)20(17(13)21)14-10-7-5-8-11-14/h5,7-8,10-12H,2-4,6,9,18H2,1H3/b16-15-. The van der Waals surface area contributed by atoms with E-state index in [0.29, 0.717) is 0 Å². The highest BCUT2D eigenvalue weighted by Crippen LogP contribution is 2.33. The zero-order valence-corrected chi connectivity index (χ0v) is 14.3. The van der Waals surface area contributed by atoms with Crippen LogP contribution in [0.3, 0.4) is 0 Å². The topological polar surface area (TPSA) is 20.3 Å².